The van der Waals surface area contributed by atoms with Gasteiger partial charge in [0.1, 0.15) is 23.1 Å². The van der Waals surface area contributed by atoms with Crippen molar-refractivity contribution in [3.8, 4) is 29.1 Å². The van der Waals surface area contributed by atoms with E-state index < -0.39 is 11.9 Å². The van der Waals surface area contributed by atoms with E-state index in [4.69, 9.17) is 24.7 Å². The van der Waals surface area contributed by atoms with Gasteiger partial charge in [-0.2, -0.15) is 5.26 Å². The lowest BCUT2D eigenvalue weighted by molar-refractivity contribution is -0.128. The molecule has 1 aliphatic rings. The molecule has 0 saturated carbocycles. The first-order valence-corrected chi connectivity index (χ1v) is 12.6. The maximum atomic E-state index is 12.4. The van der Waals surface area contributed by atoms with Gasteiger partial charge in [0.15, 0.2) is 11.5 Å². The molecule has 7 nitrogen and oxygen atoms in total. The van der Waals surface area contributed by atoms with Gasteiger partial charge in [-0.15, -0.1) is 0 Å². The highest BCUT2D eigenvalue weighted by Crippen LogP contribution is 2.45. The predicted molar refractivity (Wildman–Crippen MR) is 145 cm³/mol. The third-order valence-corrected chi connectivity index (χ3v) is 5.98. The van der Waals surface area contributed by atoms with Crippen molar-refractivity contribution < 1.29 is 23.7 Å². The second kappa shape index (κ2) is 12.5. The van der Waals surface area contributed by atoms with Crippen molar-refractivity contribution in [1.29, 1.82) is 5.26 Å². The minimum atomic E-state index is -0.526. The molecule has 0 spiro atoms. The minimum Gasteiger partial charge on any atom is -0.490 e. The van der Waals surface area contributed by atoms with Crippen molar-refractivity contribution in [1.82, 2.24) is 0 Å². The van der Waals surface area contributed by atoms with Crippen molar-refractivity contribution in [2.24, 2.45) is 5.73 Å². The Balaban J connectivity index is 1.62. The van der Waals surface area contributed by atoms with Gasteiger partial charge in [-0.25, -0.2) is 4.79 Å². The molecule has 3 aromatic carbocycles. The molecule has 0 saturated heterocycles. The number of hydrogen-bond acceptors (Lipinski definition) is 7. The number of esters is 1. The third kappa shape index (κ3) is 6.16. The topological polar surface area (TPSA) is 104 Å². The number of hydrogen-bond donors (Lipinski definition) is 1. The molecule has 0 aromatic heterocycles. The summed E-state index contributed by atoms with van der Waals surface area (Å²) in [7, 11) is 0. The lowest BCUT2D eigenvalue weighted by Crippen LogP contribution is -2.21. The number of nitrogens with zero attached hydrogens (tertiary/aromatic N) is 1. The summed E-state index contributed by atoms with van der Waals surface area (Å²) in [5, 5.41) is 9.92. The summed E-state index contributed by atoms with van der Waals surface area (Å²) in [6.07, 6.45) is 5.00. The van der Waals surface area contributed by atoms with Crippen molar-refractivity contribution in [3.05, 3.63) is 101 Å². The van der Waals surface area contributed by atoms with E-state index in [0.29, 0.717) is 36.2 Å². The van der Waals surface area contributed by atoms with Crippen LogP contribution in [0, 0.1) is 11.3 Å². The number of rotatable bonds is 10. The van der Waals surface area contributed by atoms with E-state index in [1.54, 1.807) is 24.3 Å². The molecule has 2 N–H and O–H groups in total. The first-order valence-electron chi connectivity index (χ1n) is 12.6. The summed E-state index contributed by atoms with van der Waals surface area (Å²) >= 11 is 0. The number of carbonyl (C=O) groups excluding carboxylic acids is 1. The monoisotopic (exact) mass is 510 g/mol. The quantitative estimate of drug-likeness (QED) is 0.152. The molecule has 194 valence electrons. The Bertz CT molecular complexity index is 1390. The number of fused-ring (bicyclic) bond motifs is 1. The average molecular weight is 511 g/mol. The Morgan fingerprint density at radius 3 is 2.61 bits per heavy atom. The summed E-state index contributed by atoms with van der Waals surface area (Å²) in [5.41, 5.74) is 8.86. The molecular weight excluding hydrogens is 480 g/mol. The maximum absolute atomic E-state index is 12.4. The van der Waals surface area contributed by atoms with Crippen LogP contribution in [0.5, 0.6) is 23.0 Å². The van der Waals surface area contributed by atoms with E-state index in [0.717, 1.165) is 29.5 Å². The number of unbranched alkanes of at least 4 members (excludes halogenated alkanes) is 1. The zero-order valence-electron chi connectivity index (χ0n) is 21.5. The van der Waals surface area contributed by atoms with E-state index >= 15 is 0 Å². The molecule has 1 unspecified atom stereocenters. The molecule has 0 radical (unpaired) electrons. The molecule has 3 aromatic rings. The highest BCUT2D eigenvalue weighted by molar-refractivity contribution is 5.88. The Labute approximate surface area is 222 Å². The van der Waals surface area contributed by atoms with Gasteiger partial charge in [0, 0.05) is 17.7 Å². The molecule has 4 rings (SSSR count). The van der Waals surface area contributed by atoms with Crippen molar-refractivity contribution in [2.45, 2.75) is 32.6 Å². The van der Waals surface area contributed by atoms with Gasteiger partial charge in [-0.3, -0.25) is 0 Å². The fourth-order valence-corrected chi connectivity index (χ4v) is 4.14. The second-order valence-electron chi connectivity index (χ2n) is 8.63. The maximum Gasteiger partial charge on any atom is 0.336 e. The Morgan fingerprint density at radius 1 is 1.05 bits per heavy atom. The van der Waals surface area contributed by atoms with Crippen molar-refractivity contribution >= 4 is 12.0 Å². The molecule has 0 bridgehead atoms. The molecule has 1 atom stereocenters. The van der Waals surface area contributed by atoms with E-state index in [2.05, 4.69) is 13.0 Å². The van der Waals surface area contributed by atoms with Crippen LogP contribution in [0.4, 0.5) is 0 Å². The molecule has 0 fully saturated rings. The smallest absolute Gasteiger partial charge is 0.336 e. The number of benzene rings is 3. The minimum absolute atomic E-state index is 0.00122. The number of ether oxygens (including phenoxy) is 4. The van der Waals surface area contributed by atoms with Gasteiger partial charge < -0.3 is 24.7 Å². The fourth-order valence-electron chi connectivity index (χ4n) is 4.14. The van der Waals surface area contributed by atoms with E-state index in [1.165, 1.54) is 6.08 Å². The van der Waals surface area contributed by atoms with Gasteiger partial charge >= 0.3 is 5.97 Å². The summed E-state index contributed by atoms with van der Waals surface area (Å²) < 4.78 is 23.0. The van der Waals surface area contributed by atoms with Gasteiger partial charge in [0.2, 0.25) is 5.88 Å². The molecule has 0 amide bonds. The SMILES string of the molecule is CCCCOc1ccc(C2C(C#N)=C(N)Oc3cc(OC(=O)/C=C/c4ccccc4)ccc32)cc1OCC. The average Bonchev–Trinajstić information content (AvgIpc) is 2.92. The number of nitriles is 1. The second-order valence-corrected chi connectivity index (χ2v) is 8.63. The summed E-state index contributed by atoms with van der Waals surface area (Å²) in [4.78, 5) is 12.4. The van der Waals surface area contributed by atoms with Crippen LogP contribution in [0.3, 0.4) is 0 Å². The van der Waals surface area contributed by atoms with E-state index in [1.807, 2.05) is 55.5 Å². The van der Waals surface area contributed by atoms with Crippen LogP contribution in [-0.4, -0.2) is 19.2 Å². The first-order chi connectivity index (χ1) is 18.5. The standard InChI is InChI=1S/C31H30N2O5/c1-3-5-17-36-26-15-12-22(18-28(26)35-4-2)30-24-14-13-23(19-27(24)38-31(33)25(30)20-32)37-29(34)16-11-21-9-7-6-8-10-21/h6-16,18-19,30H,3-5,17,33H2,1-2H3/b16-11+. The zero-order valence-corrected chi connectivity index (χ0v) is 21.5. The Morgan fingerprint density at radius 2 is 1.87 bits per heavy atom. The van der Waals surface area contributed by atoms with Crippen LogP contribution < -0.4 is 24.7 Å². The van der Waals surface area contributed by atoms with Crippen LogP contribution in [0.1, 0.15) is 49.3 Å². The summed E-state index contributed by atoms with van der Waals surface area (Å²) in [5.74, 6) is 0.938. The zero-order chi connectivity index (χ0) is 26.9. The molecule has 1 aliphatic heterocycles. The molecule has 1 heterocycles. The van der Waals surface area contributed by atoms with E-state index in [-0.39, 0.29) is 11.5 Å². The fraction of sp³-hybridized carbons (Fsp3) is 0.226. The number of carbonyl (C=O) groups is 1. The lowest BCUT2D eigenvalue weighted by Gasteiger charge is -2.27. The molecule has 38 heavy (non-hydrogen) atoms. The van der Waals surface area contributed by atoms with E-state index in [9.17, 15) is 10.1 Å². The van der Waals surface area contributed by atoms with Crippen LogP contribution in [0.25, 0.3) is 6.08 Å². The number of allylic oxidation sites excluding steroid dienone is 1. The Hall–Kier alpha value is -4.70. The van der Waals surface area contributed by atoms with Gasteiger partial charge in [-0.05, 0) is 48.7 Å². The van der Waals surface area contributed by atoms with Crippen LogP contribution in [0.2, 0.25) is 0 Å². The highest BCUT2D eigenvalue weighted by Gasteiger charge is 2.31. The Kier molecular flexibility index (Phi) is 8.68. The van der Waals surface area contributed by atoms with Crippen LogP contribution in [0.15, 0.2) is 84.3 Å². The summed E-state index contributed by atoms with van der Waals surface area (Å²) in [6.45, 7) is 5.07. The molecule has 0 aliphatic carbocycles. The largest absolute Gasteiger partial charge is 0.490 e. The van der Waals surface area contributed by atoms with Crippen molar-refractivity contribution in [3.63, 3.8) is 0 Å². The van der Waals surface area contributed by atoms with Crippen molar-refractivity contribution in [2.75, 3.05) is 13.2 Å². The van der Waals surface area contributed by atoms with Gasteiger partial charge in [0.25, 0.3) is 0 Å². The normalized spacial score (nSPS) is 14.4. The van der Waals surface area contributed by atoms with Gasteiger partial charge in [-0.1, -0.05) is 55.8 Å². The predicted octanol–water partition coefficient (Wildman–Crippen LogP) is 6.10. The summed E-state index contributed by atoms with van der Waals surface area (Å²) in [6, 6.07) is 22.3. The third-order valence-electron chi connectivity index (χ3n) is 5.98. The lowest BCUT2D eigenvalue weighted by atomic mass is 9.83. The van der Waals surface area contributed by atoms with Crippen LogP contribution in [-0.2, 0) is 4.79 Å². The first kappa shape index (κ1) is 26.4. The highest BCUT2D eigenvalue weighted by atomic mass is 16.5. The molecule has 7 heteroatoms. The molecular formula is C31H30N2O5. The number of nitrogens with two attached hydrogens (primary N) is 1. The van der Waals surface area contributed by atoms with Crippen LogP contribution >= 0.6 is 0 Å². The van der Waals surface area contributed by atoms with Gasteiger partial charge in [0.05, 0.1) is 19.1 Å².